The molecule has 3 heteroatoms. The highest BCUT2D eigenvalue weighted by atomic mass is 15.3. The lowest BCUT2D eigenvalue weighted by molar-refractivity contribution is 0.605. The molecule has 0 fully saturated rings. The lowest BCUT2D eigenvalue weighted by atomic mass is 9.97. The Morgan fingerprint density at radius 1 is 1.20 bits per heavy atom. The van der Waals surface area contributed by atoms with Crippen molar-refractivity contribution in [2.45, 2.75) is 38.1 Å². The average Bonchev–Trinajstić information content (AvgIpc) is 2.68. The summed E-state index contributed by atoms with van der Waals surface area (Å²) in [5.74, 6) is 0. The van der Waals surface area contributed by atoms with Crippen molar-refractivity contribution in [3.05, 3.63) is 41.6 Å². The van der Waals surface area contributed by atoms with Gasteiger partial charge in [0.25, 0.3) is 0 Å². The first kappa shape index (κ1) is 13.4. The molecule has 0 spiro atoms. The minimum atomic E-state index is 0.249. The lowest BCUT2D eigenvalue weighted by Crippen LogP contribution is -2.19. The van der Waals surface area contributed by atoms with Gasteiger partial charge in [0.2, 0.25) is 0 Å². The van der Waals surface area contributed by atoms with Crippen LogP contribution in [-0.2, 0) is 7.05 Å². The van der Waals surface area contributed by atoms with Gasteiger partial charge in [0.15, 0.2) is 0 Å². The molecule has 2 aromatic rings. The Hall–Kier alpha value is -1.61. The average molecular weight is 269 g/mol. The number of para-hydroxylation sites is 1. The molecule has 1 aliphatic rings. The summed E-state index contributed by atoms with van der Waals surface area (Å²) in [6.45, 7) is 0. The van der Waals surface area contributed by atoms with Crippen molar-refractivity contribution in [2.24, 2.45) is 7.05 Å². The first-order valence-electron chi connectivity index (χ1n) is 7.59. The van der Waals surface area contributed by atoms with Crippen LogP contribution in [0.1, 0.15) is 43.8 Å². The van der Waals surface area contributed by atoms with Gasteiger partial charge in [-0.2, -0.15) is 5.10 Å². The number of likely N-dealkylation sites (N-methyl/N-ethyl adjacent to an activating group) is 1. The number of allylic oxidation sites excluding steroid dienone is 1. The third-order valence-corrected chi connectivity index (χ3v) is 4.30. The highest BCUT2D eigenvalue weighted by Crippen LogP contribution is 2.32. The zero-order valence-corrected chi connectivity index (χ0v) is 12.4. The third kappa shape index (κ3) is 2.38. The molecule has 1 N–H and O–H groups in total. The van der Waals surface area contributed by atoms with Gasteiger partial charge in [-0.3, -0.25) is 4.68 Å². The van der Waals surface area contributed by atoms with Crippen molar-refractivity contribution >= 4 is 10.9 Å². The van der Waals surface area contributed by atoms with Gasteiger partial charge in [-0.1, -0.05) is 36.3 Å². The maximum atomic E-state index is 4.78. The van der Waals surface area contributed by atoms with Crippen LogP contribution in [0, 0.1) is 0 Å². The number of aromatic nitrogens is 2. The molecular formula is C17H23N3. The van der Waals surface area contributed by atoms with Crippen LogP contribution in [0.15, 0.2) is 35.9 Å². The Kier molecular flexibility index (Phi) is 3.88. The molecule has 0 saturated heterocycles. The smallest absolute Gasteiger partial charge is 0.0914 e. The van der Waals surface area contributed by atoms with Crippen molar-refractivity contribution in [2.75, 3.05) is 7.05 Å². The Bertz CT molecular complexity index is 624. The van der Waals surface area contributed by atoms with E-state index in [0.29, 0.717) is 0 Å². The summed E-state index contributed by atoms with van der Waals surface area (Å²) < 4.78 is 1.99. The standard InChI is InChI=1S/C17H23N3/c1-18-16(13-9-5-3-4-6-10-13)17-14-11-7-8-12-15(14)20(2)19-17/h7-9,11-12,16,18H,3-6,10H2,1-2H3. The van der Waals surface area contributed by atoms with Crippen LogP contribution in [0.3, 0.4) is 0 Å². The molecule has 1 unspecified atom stereocenters. The van der Waals surface area contributed by atoms with Crippen molar-refractivity contribution in [3.8, 4) is 0 Å². The number of rotatable bonds is 3. The number of hydrogen-bond acceptors (Lipinski definition) is 2. The zero-order chi connectivity index (χ0) is 13.9. The number of nitrogens with one attached hydrogen (secondary N) is 1. The SMILES string of the molecule is CNC(C1=CCCCCC1)c1nn(C)c2ccccc12. The molecule has 3 nitrogen and oxygen atoms in total. The second kappa shape index (κ2) is 5.80. The van der Waals surface area contributed by atoms with Gasteiger partial charge in [0.1, 0.15) is 0 Å². The zero-order valence-electron chi connectivity index (χ0n) is 12.4. The summed E-state index contributed by atoms with van der Waals surface area (Å²) in [6.07, 6.45) is 8.80. The molecule has 0 aliphatic heterocycles. The van der Waals surface area contributed by atoms with Gasteiger partial charge < -0.3 is 5.32 Å². The molecule has 20 heavy (non-hydrogen) atoms. The Morgan fingerprint density at radius 3 is 2.90 bits per heavy atom. The number of nitrogens with zero attached hydrogens (tertiary/aromatic N) is 2. The predicted octanol–water partition coefficient (Wildman–Crippen LogP) is 3.72. The quantitative estimate of drug-likeness (QED) is 0.861. The van der Waals surface area contributed by atoms with Crippen LogP contribution in [0.2, 0.25) is 0 Å². The van der Waals surface area contributed by atoms with Crippen molar-refractivity contribution in [3.63, 3.8) is 0 Å². The molecule has 1 atom stereocenters. The summed E-state index contributed by atoms with van der Waals surface area (Å²) in [7, 11) is 4.07. The number of benzene rings is 1. The van der Waals surface area contributed by atoms with E-state index in [1.165, 1.54) is 54.3 Å². The van der Waals surface area contributed by atoms with Gasteiger partial charge in [0.05, 0.1) is 17.3 Å². The summed E-state index contributed by atoms with van der Waals surface area (Å²) in [5.41, 5.74) is 3.88. The minimum Gasteiger partial charge on any atom is -0.308 e. The molecule has 0 bridgehead atoms. The van der Waals surface area contributed by atoms with Crippen LogP contribution in [0.25, 0.3) is 10.9 Å². The van der Waals surface area contributed by atoms with E-state index >= 15 is 0 Å². The van der Waals surface area contributed by atoms with Crippen molar-refractivity contribution < 1.29 is 0 Å². The number of fused-ring (bicyclic) bond motifs is 1. The third-order valence-electron chi connectivity index (χ3n) is 4.30. The normalized spacial score (nSPS) is 17.8. The van der Waals surface area contributed by atoms with Gasteiger partial charge in [0, 0.05) is 12.4 Å². The van der Waals surface area contributed by atoms with Crippen LogP contribution in [-0.4, -0.2) is 16.8 Å². The molecule has 1 heterocycles. The highest BCUT2D eigenvalue weighted by molar-refractivity contribution is 5.82. The summed E-state index contributed by atoms with van der Waals surface area (Å²) in [6, 6.07) is 8.74. The summed E-state index contributed by atoms with van der Waals surface area (Å²) in [4.78, 5) is 0. The molecule has 106 valence electrons. The first-order chi connectivity index (χ1) is 9.81. The fourth-order valence-corrected chi connectivity index (χ4v) is 3.25. The number of hydrogen-bond donors (Lipinski definition) is 1. The van der Waals surface area contributed by atoms with Crippen molar-refractivity contribution in [1.29, 1.82) is 0 Å². The first-order valence-corrected chi connectivity index (χ1v) is 7.59. The van der Waals surface area contributed by atoms with E-state index in [2.05, 4.69) is 35.7 Å². The van der Waals surface area contributed by atoms with Gasteiger partial charge in [-0.25, -0.2) is 0 Å². The van der Waals surface area contributed by atoms with Crippen LogP contribution >= 0.6 is 0 Å². The second-order valence-electron chi connectivity index (χ2n) is 5.63. The van der Waals surface area contributed by atoms with Crippen LogP contribution < -0.4 is 5.32 Å². The monoisotopic (exact) mass is 269 g/mol. The molecule has 0 saturated carbocycles. The topological polar surface area (TPSA) is 29.9 Å². The lowest BCUT2D eigenvalue weighted by Gasteiger charge is -2.18. The van der Waals surface area contributed by atoms with E-state index < -0.39 is 0 Å². The van der Waals surface area contributed by atoms with E-state index in [1.54, 1.807) is 0 Å². The van der Waals surface area contributed by atoms with E-state index in [-0.39, 0.29) is 6.04 Å². The predicted molar refractivity (Wildman–Crippen MR) is 83.7 cm³/mol. The minimum absolute atomic E-state index is 0.249. The molecule has 0 radical (unpaired) electrons. The van der Waals surface area contributed by atoms with E-state index in [4.69, 9.17) is 5.10 Å². The van der Waals surface area contributed by atoms with Crippen LogP contribution in [0.4, 0.5) is 0 Å². The second-order valence-corrected chi connectivity index (χ2v) is 5.63. The highest BCUT2D eigenvalue weighted by Gasteiger charge is 2.21. The van der Waals surface area contributed by atoms with E-state index in [9.17, 15) is 0 Å². The molecule has 1 aromatic heterocycles. The van der Waals surface area contributed by atoms with Crippen LogP contribution in [0.5, 0.6) is 0 Å². The Labute approximate surface area is 120 Å². The molecule has 1 aliphatic carbocycles. The molecule has 0 amide bonds. The molecule has 3 rings (SSSR count). The fourth-order valence-electron chi connectivity index (χ4n) is 3.25. The number of aryl methyl sites for hydroxylation is 1. The van der Waals surface area contributed by atoms with Gasteiger partial charge >= 0.3 is 0 Å². The fraction of sp³-hybridized carbons (Fsp3) is 0.471. The molecular weight excluding hydrogens is 246 g/mol. The maximum Gasteiger partial charge on any atom is 0.0914 e. The largest absolute Gasteiger partial charge is 0.308 e. The van der Waals surface area contributed by atoms with Crippen molar-refractivity contribution in [1.82, 2.24) is 15.1 Å². The van der Waals surface area contributed by atoms with Gasteiger partial charge in [-0.05, 0) is 38.8 Å². The maximum absolute atomic E-state index is 4.78. The summed E-state index contributed by atoms with van der Waals surface area (Å²) >= 11 is 0. The summed E-state index contributed by atoms with van der Waals surface area (Å²) in [5, 5.41) is 9.52. The van der Waals surface area contributed by atoms with Gasteiger partial charge in [-0.15, -0.1) is 0 Å². The van der Waals surface area contributed by atoms with E-state index in [0.717, 1.165) is 0 Å². The molecule has 1 aromatic carbocycles. The Morgan fingerprint density at radius 2 is 2.05 bits per heavy atom. The Balaban J connectivity index is 2.05. The van der Waals surface area contributed by atoms with E-state index in [1.807, 2.05) is 18.8 Å².